The SMILES string of the molecule is Cc1nc(N2C[C@H](C)O[C@@H](C)C2)ccc1NC1CCC(N)CC1. The molecule has 0 unspecified atom stereocenters. The molecule has 3 rings (SSSR count). The zero-order valence-electron chi connectivity index (χ0n) is 14.6. The summed E-state index contributed by atoms with van der Waals surface area (Å²) in [4.78, 5) is 7.16. The molecule has 2 aliphatic rings. The maximum absolute atomic E-state index is 5.99. The molecule has 0 radical (unpaired) electrons. The number of aromatic nitrogens is 1. The summed E-state index contributed by atoms with van der Waals surface area (Å²) < 4.78 is 5.81. The summed E-state index contributed by atoms with van der Waals surface area (Å²) >= 11 is 0. The largest absolute Gasteiger partial charge is 0.381 e. The first-order valence-electron chi connectivity index (χ1n) is 8.91. The summed E-state index contributed by atoms with van der Waals surface area (Å²) in [6.45, 7) is 8.15. The van der Waals surface area contributed by atoms with Gasteiger partial charge in [-0.1, -0.05) is 0 Å². The van der Waals surface area contributed by atoms with Crippen LogP contribution in [0.5, 0.6) is 0 Å². The molecule has 5 nitrogen and oxygen atoms in total. The topological polar surface area (TPSA) is 63.4 Å². The van der Waals surface area contributed by atoms with E-state index in [0.29, 0.717) is 12.1 Å². The number of pyridine rings is 1. The summed E-state index contributed by atoms with van der Waals surface area (Å²) in [5.41, 5.74) is 8.22. The Morgan fingerprint density at radius 3 is 2.39 bits per heavy atom. The van der Waals surface area contributed by atoms with Crippen molar-refractivity contribution < 1.29 is 4.74 Å². The van der Waals surface area contributed by atoms with E-state index in [2.05, 4.69) is 43.1 Å². The van der Waals surface area contributed by atoms with Gasteiger partial charge in [-0.25, -0.2) is 4.98 Å². The van der Waals surface area contributed by atoms with Gasteiger partial charge < -0.3 is 20.7 Å². The van der Waals surface area contributed by atoms with E-state index in [1.165, 1.54) is 0 Å². The van der Waals surface area contributed by atoms with Crippen molar-refractivity contribution in [1.82, 2.24) is 4.98 Å². The molecule has 1 aromatic rings. The Morgan fingerprint density at radius 2 is 1.78 bits per heavy atom. The van der Waals surface area contributed by atoms with E-state index in [-0.39, 0.29) is 12.2 Å². The molecule has 0 spiro atoms. The second-order valence-corrected chi connectivity index (χ2v) is 7.22. The normalized spacial score (nSPS) is 31.9. The molecule has 23 heavy (non-hydrogen) atoms. The van der Waals surface area contributed by atoms with Crippen LogP contribution in [-0.4, -0.2) is 42.4 Å². The Morgan fingerprint density at radius 1 is 1.13 bits per heavy atom. The van der Waals surface area contributed by atoms with Crippen molar-refractivity contribution in [2.75, 3.05) is 23.3 Å². The van der Waals surface area contributed by atoms with Crippen molar-refractivity contribution >= 4 is 11.5 Å². The Balaban J connectivity index is 1.66. The molecule has 2 heterocycles. The van der Waals surface area contributed by atoms with E-state index in [9.17, 15) is 0 Å². The van der Waals surface area contributed by atoms with Crippen LogP contribution in [0.25, 0.3) is 0 Å². The lowest BCUT2D eigenvalue weighted by molar-refractivity contribution is -0.00546. The highest BCUT2D eigenvalue weighted by molar-refractivity contribution is 5.54. The van der Waals surface area contributed by atoms with Gasteiger partial charge >= 0.3 is 0 Å². The minimum atomic E-state index is 0.255. The minimum absolute atomic E-state index is 0.255. The van der Waals surface area contributed by atoms with E-state index in [0.717, 1.165) is 56.0 Å². The molecule has 2 atom stereocenters. The van der Waals surface area contributed by atoms with Crippen LogP contribution in [0.1, 0.15) is 45.2 Å². The van der Waals surface area contributed by atoms with Gasteiger partial charge in [0.1, 0.15) is 5.82 Å². The van der Waals surface area contributed by atoms with Crippen molar-refractivity contribution in [2.24, 2.45) is 5.73 Å². The molecule has 1 saturated carbocycles. The van der Waals surface area contributed by atoms with Crippen LogP contribution in [0, 0.1) is 6.92 Å². The third-order valence-electron chi connectivity index (χ3n) is 4.95. The summed E-state index contributed by atoms with van der Waals surface area (Å²) in [6, 6.07) is 5.23. The zero-order chi connectivity index (χ0) is 16.4. The molecule has 0 amide bonds. The van der Waals surface area contributed by atoms with Crippen molar-refractivity contribution in [3.05, 3.63) is 17.8 Å². The molecular weight excluding hydrogens is 288 g/mol. The molecule has 2 fully saturated rings. The van der Waals surface area contributed by atoms with Crippen molar-refractivity contribution in [3.8, 4) is 0 Å². The van der Waals surface area contributed by atoms with Gasteiger partial charge in [0, 0.05) is 25.2 Å². The number of hydrogen-bond acceptors (Lipinski definition) is 5. The number of nitrogens with one attached hydrogen (secondary N) is 1. The van der Waals surface area contributed by atoms with Crippen LogP contribution in [-0.2, 0) is 4.74 Å². The number of hydrogen-bond donors (Lipinski definition) is 2. The van der Waals surface area contributed by atoms with E-state index in [1.807, 2.05) is 0 Å². The van der Waals surface area contributed by atoms with Gasteiger partial charge in [-0.3, -0.25) is 0 Å². The molecule has 5 heteroatoms. The van der Waals surface area contributed by atoms with E-state index in [1.54, 1.807) is 0 Å². The maximum atomic E-state index is 5.99. The molecule has 0 aromatic carbocycles. The quantitative estimate of drug-likeness (QED) is 0.897. The van der Waals surface area contributed by atoms with E-state index >= 15 is 0 Å². The summed E-state index contributed by atoms with van der Waals surface area (Å²) in [6.07, 6.45) is 5.05. The number of rotatable bonds is 3. The average Bonchev–Trinajstić information content (AvgIpc) is 2.50. The highest BCUT2D eigenvalue weighted by atomic mass is 16.5. The fourth-order valence-electron chi connectivity index (χ4n) is 3.72. The second kappa shape index (κ2) is 7.05. The summed E-state index contributed by atoms with van der Waals surface area (Å²) in [7, 11) is 0. The fraction of sp³-hybridized carbons (Fsp3) is 0.722. The third kappa shape index (κ3) is 4.15. The summed E-state index contributed by atoms with van der Waals surface area (Å²) in [5.74, 6) is 1.06. The second-order valence-electron chi connectivity index (χ2n) is 7.22. The molecule has 128 valence electrons. The molecule has 1 aliphatic carbocycles. The standard InChI is InChI=1S/C18H30N4O/c1-12-10-22(11-13(2)23-12)18-9-8-17(14(3)20-18)21-16-6-4-15(19)5-7-16/h8-9,12-13,15-16,21H,4-7,10-11,19H2,1-3H3/t12-,13-,15?,16?/m0/s1. The third-order valence-corrected chi connectivity index (χ3v) is 4.95. The first kappa shape index (κ1) is 16.5. The Kier molecular flexibility index (Phi) is 5.07. The molecule has 1 saturated heterocycles. The fourth-order valence-corrected chi connectivity index (χ4v) is 3.72. The number of nitrogens with two attached hydrogens (primary N) is 1. The van der Waals surface area contributed by atoms with Crippen molar-refractivity contribution in [2.45, 2.75) is 70.7 Å². The number of morpholine rings is 1. The van der Waals surface area contributed by atoms with Crippen LogP contribution < -0.4 is 16.0 Å². The minimum Gasteiger partial charge on any atom is -0.381 e. The molecule has 0 bridgehead atoms. The van der Waals surface area contributed by atoms with Gasteiger partial charge in [-0.2, -0.15) is 0 Å². The molecule has 1 aromatic heterocycles. The Hall–Kier alpha value is -1.33. The average molecular weight is 318 g/mol. The predicted molar refractivity (Wildman–Crippen MR) is 95.1 cm³/mol. The van der Waals surface area contributed by atoms with Gasteiger partial charge in [-0.05, 0) is 58.6 Å². The number of anilines is 2. The molecule has 1 aliphatic heterocycles. The number of aryl methyl sites for hydroxylation is 1. The highest BCUT2D eigenvalue weighted by Crippen LogP contribution is 2.25. The van der Waals surface area contributed by atoms with Crippen LogP contribution in [0.3, 0.4) is 0 Å². The molecular formula is C18H30N4O. The van der Waals surface area contributed by atoms with E-state index < -0.39 is 0 Å². The van der Waals surface area contributed by atoms with E-state index in [4.69, 9.17) is 15.5 Å². The lowest BCUT2D eigenvalue weighted by Crippen LogP contribution is -2.45. The van der Waals surface area contributed by atoms with Crippen molar-refractivity contribution in [3.63, 3.8) is 0 Å². The van der Waals surface area contributed by atoms with Gasteiger partial charge in [0.25, 0.3) is 0 Å². The van der Waals surface area contributed by atoms with Gasteiger partial charge in [0.15, 0.2) is 0 Å². The van der Waals surface area contributed by atoms with Crippen LogP contribution >= 0.6 is 0 Å². The van der Waals surface area contributed by atoms with Crippen LogP contribution in [0.2, 0.25) is 0 Å². The zero-order valence-corrected chi connectivity index (χ0v) is 14.6. The van der Waals surface area contributed by atoms with Gasteiger partial charge in [0.05, 0.1) is 23.6 Å². The maximum Gasteiger partial charge on any atom is 0.129 e. The van der Waals surface area contributed by atoms with Crippen LogP contribution in [0.15, 0.2) is 12.1 Å². The molecule has 3 N–H and O–H groups in total. The predicted octanol–water partition coefficient (Wildman–Crippen LogP) is 2.69. The highest BCUT2D eigenvalue weighted by Gasteiger charge is 2.24. The van der Waals surface area contributed by atoms with Gasteiger partial charge in [-0.15, -0.1) is 0 Å². The summed E-state index contributed by atoms with van der Waals surface area (Å²) in [5, 5.41) is 3.66. The van der Waals surface area contributed by atoms with Crippen LogP contribution in [0.4, 0.5) is 11.5 Å². The first-order chi connectivity index (χ1) is 11.0. The monoisotopic (exact) mass is 318 g/mol. The Labute approximate surface area is 139 Å². The Bertz CT molecular complexity index is 518. The smallest absolute Gasteiger partial charge is 0.129 e. The lowest BCUT2D eigenvalue weighted by Gasteiger charge is -2.36. The number of nitrogens with zero attached hydrogens (tertiary/aromatic N) is 2. The lowest BCUT2D eigenvalue weighted by atomic mass is 9.91. The van der Waals surface area contributed by atoms with Crippen molar-refractivity contribution in [1.29, 1.82) is 0 Å². The number of ether oxygens (including phenoxy) is 1. The first-order valence-corrected chi connectivity index (χ1v) is 8.91. The van der Waals surface area contributed by atoms with Gasteiger partial charge in [0.2, 0.25) is 0 Å².